The minimum Gasteiger partial charge on any atom is -0.381 e. The van der Waals surface area contributed by atoms with Crippen molar-refractivity contribution in [1.82, 2.24) is 29.1 Å². The van der Waals surface area contributed by atoms with Crippen LogP contribution in [0.1, 0.15) is 24.7 Å². The number of benzene rings is 1. The molecule has 0 atom stereocenters. The Bertz CT molecular complexity index is 1110. The first-order valence-corrected chi connectivity index (χ1v) is 8.63. The lowest BCUT2D eigenvalue weighted by atomic mass is 10.1. The van der Waals surface area contributed by atoms with E-state index in [0.717, 1.165) is 43.0 Å². The number of halogens is 1. The fourth-order valence-electron chi connectivity index (χ4n) is 3.63. The van der Waals surface area contributed by atoms with E-state index in [1.165, 1.54) is 12.1 Å². The molecule has 0 N–H and O–H groups in total. The summed E-state index contributed by atoms with van der Waals surface area (Å²) in [5.74, 6) is 1.06. The Balaban J connectivity index is 1.68. The van der Waals surface area contributed by atoms with Gasteiger partial charge in [0, 0.05) is 25.3 Å². The summed E-state index contributed by atoms with van der Waals surface area (Å²) in [6, 6.07) is 4.80. The standard InChI is InChI=1S/C18H17FN6O/c1-11-22-15-9-20-18(23-17(15)25(11)13-4-6-26-7-5-13)24-10-21-14-3-2-12(19)8-16(14)24/h2-3,8-10,13H,4-7H2,1H3. The molecule has 1 aromatic carbocycles. The molecule has 1 aliphatic heterocycles. The largest absolute Gasteiger partial charge is 0.381 e. The Kier molecular flexibility index (Phi) is 3.46. The van der Waals surface area contributed by atoms with E-state index in [1.807, 2.05) is 6.92 Å². The molecular formula is C18H17FN6O. The van der Waals surface area contributed by atoms with Gasteiger partial charge in [0.05, 0.1) is 17.2 Å². The van der Waals surface area contributed by atoms with Gasteiger partial charge in [0.2, 0.25) is 5.95 Å². The molecule has 4 aromatic rings. The minimum absolute atomic E-state index is 0.313. The summed E-state index contributed by atoms with van der Waals surface area (Å²) >= 11 is 0. The molecule has 26 heavy (non-hydrogen) atoms. The smallest absolute Gasteiger partial charge is 0.237 e. The SMILES string of the molecule is Cc1nc2cnc(-n3cnc4ccc(F)cc43)nc2n1C1CCOCC1. The zero-order chi connectivity index (χ0) is 17.7. The lowest BCUT2D eigenvalue weighted by Crippen LogP contribution is -2.20. The first-order chi connectivity index (χ1) is 12.7. The molecule has 1 saturated heterocycles. The molecule has 3 aromatic heterocycles. The first kappa shape index (κ1) is 15.4. The van der Waals surface area contributed by atoms with Crippen LogP contribution in [0.25, 0.3) is 28.1 Å². The third-order valence-electron chi connectivity index (χ3n) is 4.88. The normalized spacial score (nSPS) is 15.9. The fraction of sp³-hybridized carbons (Fsp3) is 0.333. The lowest BCUT2D eigenvalue weighted by Gasteiger charge is -2.24. The van der Waals surface area contributed by atoms with Crippen LogP contribution in [0.3, 0.4) is 0 Å². The number of fused-ring (bicyclic) bond motifs is 2. The zero-order valence-corrected chi connectivity index (χ0v) is 14.3. The van der Waals surface area contributed by atoms with Crippen molar-refractivity contribution in [3.63, 3.8) is 0 Å². The van der Waals surface area contributed by atoms with E-state index >= 15 is 0 Å². The highest BCUT2D eigenvalue weighted by molar-refractivity contribution is 5.77. The van der Waals surface area contributed by atoms with Gasteiger partial charge in [-0.2, -0.15) is 4.98 Å². The summed E-state index contributed by atoms with van der Waals surface area (Å²) in [4.78, 5) is 18.1. The highest BCUT2D eigenvalue weighted by Gasteiger charge is 2.22. The molecule has 0 saturated carbocycles. The van der Waals surface area contributed by atoms with Crippen LogP contribution in [0.2, 0.25) is 0 Å². The van der Waals surface area contributed by atoms with E-state index in [2.05, 4.69) is 19.5 Å². The Hall–Kier alpha value is -2.87. The van der Waals surface area contributed by atoms with E-state index in [1.54, 1.807) is 23.2 Å². The van der Waals surface area contributed by atoms with Crippen LogP contribution in [0.4, 0.5) is 4.39 Å². The molecule has 4 heterocycles. The van der Waals surface area contributed by atoms with Gasteiger partial charge in [-0.3, -0.25) is 4.57 Å². The number of rotatable bonds is 2. The van der Waals surface area contributed by atoms with Gasteiger partial charge in [-0.1, -0.05) is 0 Å². The van der Waals surface area contributed by atoms with Gasteiger partial charge < -0.3 is 9.30 Å². The second-order valence-corrected chi connectivity index (χ2v) is 6.50. The number of ether oxygens (including phenoxy) is 1. The van der Waals surface area contributed by atoms with Gasteiger partial charge in [0.1, 0.15) is 23.5 Å². The van der Waals surface area contributed by atoms with Crippen LogP contribution in [-0.4, -0.2) is 42.3 Å². The molecule has 132 valence electrons. The molecular weight excluding hydrogens is 335 g/mol. The molecule has 7 nitrogen and oxygen atoms in total. The number of nitrogens with zero attached hydrogens (tertiary/aromatic N) is 6. The highest BCUT2D eigenvalue weighted by Crippen LogP contribution is 2.27. The van der Waals surface area contributed by atoms with Gasteiger partial charge in [0.25, 0.3) is 0 Å². The van der Waals surface area contributed by atoms with Crippen molar-refractivity contribution < 1.29 is 9.13 Å². The van der Waals surface area contributed by atoms with Gasteiger partial charge >= 0.3 is 0 Å². The summed E-state index contributed by atoms with van der Waals surface area (Å²) in [5, 5.41) is 0. The van der Waals surface area contributed by atoms with Gasteiger partial charge in [-0.25, -0.2) is 19.3 Å². The van der Waals surface area contributed by atoms with Crippen molar-refractivity contribution in [3.8, 4) is 5.95 Å². The zero-order valence-electron chi connectivity index (χ0n) is 14.3. The van der Waals surface area contributed by atoms with Crippen molar-refractivity contribution >= 4 is 22.2 Å². The first-order valence-electron chi connectivity index (χ1n) is 8.63. The molecule has 0 radical (unpaired) electrons. The predicted molar refractivity (Wildman–Crippen MR) is 93.7 cm³/mol. The van der Waals surface area contributed by atoms with Gasteiger partial charge in [-0.15, -0.1) is 0 Å². The molecule has 0 spiro atoms. The number of hydrogen-bond donors (Lipinski definition) is 0. The maximum atomic E-state index is 13.7. The van der Waals surface area contributed by atoms with Crippen LogP contribution in [0, 0.1) is 12.7 Å². The molecule has 1 aliphatic rings. The Morgan fingerprint density at radius 3 is 2.81 bits per heavy atom. The summed E-state index contributed by atoms with van der Waals surface area (Å²) in [7, 11) is 0. The van der Waals surface area contributed by atoms with Crippen molar-refractivity contribution in [1.29, 1.82) is 0 Å². The number of imidazole rings is 2. The number of aryl methyl sites for hydroxylation is 1. The van der Waals surface area contributed by atoms with Gasteiger partial charge in [-0.05, 0) is 31.9 Å². The molecule has 0 bridgehead atoms. The second-order valence-electron chi connectivity index (χ2n) is 6.50. The Morgan fingerprint density at radius 2 is 1.96 bits per heavy atom. The lowest BCUT2D eigenvalue weighted by molar-refractivity contribution is 0.0699. The molecule has 0 amide bonds. The molecule has 5 rings (SSSR count). The highest BCUT2D eigenvalue weighted by atomic mass is 19.1. The average Bonchev–Trinajstić information content (AvgIpc) is 3.21. The van der Waals surface area contributed by atoms with E-state index in [0.29, 0.717) is 23.0 Å². The minimum atomic E-state index is -0.316. The quantitative estimate of drug-likeness (QED) is 0.555. The van der Waals surface area contributed by atoms with Crippen molar-refractivity contribution in [2.24, 2.45) is 0 Å². The van der Waals surface area contributed by atoms with Gasteiger partial charge in [0.15, 0.2) is 5.65 Å². The predicted octanol–water partition coefficient (Wildman–Crippen LogP) is 2.96. The maximum absolute atomic E-state index is 13.7. The summed E-state index contributed by atoms with van der Waals surface area (Å²) in [6.07, 6.45) is 5.20. The van der Waals surface area contributed by atoms with Crippen LogP contribution >= 0.6 is 0 Å². The Labute approximate surface area is 148 Å². The Morgan fingerprint density at radius 1 is 1.12 bits per heavy atom. The topological polar surface area (TPSA) is 70.7 Å². The van der Waals surface area contributed by atoms with Crippen LogP contribution in [0.5, 0.6) is 0 Å². The van der Waals surface area contributed by atoms with Crippen molar-refractivity contribution in [2.75, 3.05) is 13.2 Å². The molecule has 0 unspecified atom stereocenters. The number of hydrogen-bond acceptors (Lipinski definition) is 5. The molecule has 1 fully saturated rings. The van der Waals surface area contributed by atoms with Crippen molar-refractivity contribution in [3.05, 3.63) is 42.4 Å². The van der Waals surface area contributed by atoms with Crippen LogP contribution in [-0.2, 0) is 4.74 Å². The maximum Gasteiger partial charge on any atom is 0.237 e. The van der Waals surface area contributed by atoms with E-state index in [4.69, 9.17) is 9.72 Å². The summed E-state index contributed by atoms with van der Waals surface area (Å²) in [6.45, 7) is 3.47. The summed E-state index contributed by atoms with van der Waals surface area (Å²) in [5.41, 5.74) is 2.88. The molecule has 0 aliphatic carbocycles. The van der Waals surface area contributed by atoms with E-state index in [9.17, 15) is 4.39 Å². The average molecular weight is 352 g/mol. The van der Waals surface area contributed by atoms with E-state index < -0.39 is 0 Å². The fourth-order valence-corrected chi connectivity index (χ4v) is 3.63. The number of aromatic nitrogens is 6. The summed E-state index contributed by atoms with van der Waals surface area (Å²) < 4.78 is 23.0. The third kappa shape index (κ3) is 2.37. The molecule has 8 heteroatoms. The van der Waals surface area contributed by atoms with Crippen LogP contribution in [0.15, 0.2) is 30.7 Å². The third-order valence-corrected chi connectivity index (χ3v) is 4.88. The second kappa shape index (κ2) is 5.84. The monoisotopic (exact) mass is 352 g/mol. The van der Waals surface area contributed by atoms with Crippen LogP contribution < -0.4 is 0 Å². The van der Waals surface area contributed by atoms with E-state index in [-0.39, 0.29) is 5.82 Å². The van der Waals surface area contributed by atoms with Crippen molar-refractivity contribution in [2.45, 2.75) is 25.8 Å².